The van der Waals surface area contributed by atoms with E-state index in [1.165, 1.54) is 35.9 Å². The number of halogens is 1. The Labute approximate surface area is 217 Å². The van der Waals surface area contributed by atoms with Gasteiger partial charge in [-0.15, -0.1) is 11.3 Å². The number of oxazole rings is 1. The Kier molecular flexibility index (Phi) is 5.27. The molecular weight excluding hydrogens is 497 g/mol. The molecule has 3 N–H and O–H groups in total. The van der Waals surface area contributed by atoms with Crippen molar-refractivity contribution in [3.63, 3.8) is 0 Å². The molecule has 37 heavy (non-hydrogen) atoms. The van der Waals surface area contributed by atoms with Crippen LogP contribution in [0.2, 0.25) is 0 Å². The zero-order valence-electron chi connectivity index (χ0n) is 20.9. The average Bonchev–Trinajstić information content (AvgIpc) is 3.58. The summed E-state index contributed by atoms with van der Waals surface area (Å²) in [4.78, 5) is 32.8. The number of amides is 1. The number of alkyl halides is 1. The first-order valence-electron chi connectivity index (χ1n) is 12.7. The highest BCUT2D eigenvalue weighted by atomic mass is 32.1. The number of hydrogen-bond acceptors (Lipinski definition) is 8. The van der Waals surface area contributed by atoms with Crippen LogP contribution in [0.5, 0.6) is 0 Å². The maximum Gasteiger partial charge on any atom is 0.313 e. The van der Waals surface area contributed by atoms with Gasteiger partial charge in [0, 0.05) is 22.1 Å². The summed E-state index contributed by atoms with van der Waals surface area (Å²) in [7, 11) is 0. The van der Waals surface area contributed by atoms with Gasteiger partial charge >= 0.3 is 5.91 Å². The number of ketones is 1. The van der Waals surface area contributed by atoms with Crippen LogP contribution < -0.4 is 5.32 Å². The molecule has 0 aromatic carbocycles. The smallest absolute Gasteiger partial charge is 0.313 e. The summed E-state index contributed by atoms with van der Waals surface area (Å²) >= 11 is 1.18. The van der Waals surface area contributed by atoms with Gasteiger partial charge in [-0.2, -0.15) is 0 Å². The Morgan fingerprint density at radius 2 is 2.11 bits per heavy atom. The third-order valence-corrected chi connectivity index (χ3v) is 10.7. The Hall–Kier alpha value is -2.69. The zero-order valence-corrected chi connectivity index (χ0v) is 21.7. The molecule has 8 atom stereocenters. The minimum Gasteiger partial charge on any atom is -0.441 e. The fourth-order valence-electron chi connectivity index (χ4n) is 8.08. The molecule has 0 radical (unpaired) electrons. The second kappa shape index (κ2) is 7.91. The third kappa shape index (κ3) is 3.06. The lowest BCUT2D eigenvalue weighted by molar-refractivity contribution is -0.223. The van der Waals surface area contributed by atoms with Crippen molar-refractivity contribution in [3.05, 3.63) is 53.2 Å². The Morgan fingerprint density at radius 1 is 1.32 bits per heavy atom. The predicted molar refractivity (Wildman–Crippen MR) is 133 cm³/mol. The molecule has 2 aromatic heterocycles. The molecule has 0 aliphatic heterocycles. The molecule has 4 aliphatic rings. The summed E-state index contributed by atoms with van der Waals surface area (Å²) in [6.45, 7) is 5.66. The van der Waals surface area contributed by atoms with Crippen molar-refractivity contribution in [3.8, 4) is 0 Å². The van der Waals surface area contributed by atoms with Crippen molar-refractivity contribution in [2.24, 2.45) is 28.6 Å². The third-order valence-electron chi connectivity index (χ3n) is 9.96. The molecule has 4 aliphatic carbocycles. The summed E-state index contributed by atoms with van der Waals surface area (Å²) in [5.41, 5.74) is -4.18. The van der Waals surface area contributed by atoms with Gasteiger partial charge in [-0.3, -0.25) is 14.9 Å². The highest BCUT2D eigenvalue weighted by molar-refractivity contribution is 7.14. The van der Waals surface area contributed by atoms with E-state index in [-0.39, 0.29) is 29.9 Å². The van der Waals surface area contributed by atoms with Gasteiger partial charge in [0.25, 0.3) is 5.89 Å². The van der Waals surface area contributed by atoms with Crippen molar-refractivity contribution in [2.45, 2.75) is 63.8 Å². The van der Waals surface area contributed by atoms with Crippen molar-refractivity contribution >= 4 is 28.2 Å². The number of anilines is 1. The van der Waals surface area contributed by atoms with Gasteiger partial charge in [-0.25, -0.2) is 14.4 Å². The molecule has 3 fully saturated rings. The average molecular weight is 528 g/mol. The number of hydrogen-bond donors (Lipinski definition) is 3. The topological polar surface area (TPSA) is 126 Å². The second-order valence-corrected chi connectivity index (χ2v) is 12.4. The number of aliphatic hydroxyl groups is 2. The summed E-state index contributed by atoms with van der Waals surface area (Å²) in [5.74, 6) is -1.76. The van der Waals surface area contributed by atoms with Crippen LogP contribution in [0.1, 0.15) is 62.8 Å². The van der Waals surface area contributed by atoms with Crippen LogP contribution >= 0.6 is 11.3 Å². The Bertz CT molecular complexity index is 1340. The standard InChI is InChI=1S/C27H30FN3O5S/c1-14-10-18-17-5-4-15-11-16(32)6-7-24(15,2)26(17,28)20(33)12-25(18,3)27(14,35)19-13-37-23(30-19)31-21(34)22-29-8-9-36-22/h6-9,11,13-14,17-18,20,33,35H,4-5,10,12H2,1-3H3,(H,30,31,34). The fraction of sp³-hybridized carbons (Fsp3) is 0.556. The molecule has 2 heterocycles. The van der Waals surface area contributed by atoms with Crippen molar-refractivity contribution in [1.82, 2.24) is 9.97 Å². The van der Waals surface area contributed by atoms with Gasteiger partial charge in [0.05, 0.1) is 18.0 Å². The quantitative estimate of drug-likeness (QED) is 0.547. The largest absolute Gasteiger partial charge is 0.441 e. The van der Waals surface area contributed by atoms with Gasteiger partial charge in [0.15, 0.2) is 16.6 Å². The van der Waals surface area contributed by atoms with E-state index >= 15 is 4.39 Å². The molecule has 6 rings (SSSR count). The van der Waals surface area contributed by atoms with Crippen molar-refractivity contribution in [1.29, 1.82) is 0 Å². The van der Waals surface area contributed by atoms with E-state index in [4.69, 9.17) is 4.42 Å². The number of rotatable bonds is 3. The molecule has 8 unspecified atom stereocenters. The number of fused-ring (bicyclic) bond motifs is 5. The summed E-state index contributed by atoms with van der Waals surface area (Å²) < 4.78 is 22.4. The number of carbonyl (C=O) groups is 2. The second-order valence-electron chi connectivity index (χ2n) is 11.5. The fourth-order valence-corrected chi connectivity index (χ4v) is 8.84. The molecule has 3 saturated carbocycles. The number of aliphatic hydroxyl groups excluding tert-OH is 1. The van der Waals surface area contributed by atoms with Crippen LogP contribution in [-0.4, -0.2) is 43.6 Å². The number of thiazole rings is 1. The van der Waals surface area contributed by atoms with E-state index in [1.807, 2.05) is 13.8 Å². The molecule has 0 spiro atoms. The van der Waals surface area contributed by atoms with Gasteiger partial charge < -0.3 is 14.6 Å². The van der Waals surface area contributed by atoms with Crippen LogP contribution in [0.3, 0.4) is 0 Å². The van der Waals surface area contributed by atoms with Crippen LogP contribution in [0.15, 0.2) is 46.1 Å². The number of aromatic nitrogens is 2. The summed E-state index contributed by atoms with van der Waals surface area (Å²) in [5, 5.41) is 28.5. The minimum absolute atomic E-state index is 0.0473. The highest BCUT2D eigenvalue weighted by Gasteiger charge is 2.74. The maximum atomic E-state index is 17.3. The van der Waals surface area contributed by atoms with Crippen molar-refractivity contribution < 1.29 is 28.6 Å². The molecule has 2 aromatic rings. The molecule has 10 heteroatoms. The van der Waals surface area contributed by atoms with Crippen LogP contribution in [0.4, 0.5) is 9.52 Å². The Morgan fingerprint density at radius 3 is 2.84 bits per heavy atom. The van der Waals surface area contributed by atoms with E-state index in [9.17, 15) is 19.8 Å². The SMILES string of the molecule is CC1CC2C3CCC4=CC(=O)C=CC4(C)C3(F)C(O)CC2(C)C1(O)c1csc(NC(=O)c2ncco2)n1. The first-order chi connectivity index (χ1) is 17.4. The lowest BCUT2D eigenvalue weighted by Crippen LogP contribution is -2.68. The molecule has 1 amide bonds. The molecular formula is C27H30FN3O5S. The predicted octanol–water partition coefficient (Wildman–Crippen LogP) is 4.19. The normalized spacial score (nSPS) is 42.5. The highest BCUT2D eigenvalue weighted by Crippen LogP contribution is 2.72. The molecule has 8 nitrogen and oxygen atoms in total. The molecule has 196 valence electrons. The summed E-state index contributed by atoms with van der Waals surface area (Å²) in [6, 6.07) is 0. The van der Waals surface area contributed by atoms with E-state index in [2.05, 4.69) is 15.3 Å². The van der Waals surface area contributed by atoms with Gasteiger partial charge in [0.1, 0.15) is 11.9 Å². The maximum absolute atomic E-state index is 17.3. The number of nitrogens with one attached hydrogen (secondary N) is 1. The van der Waals surface area contributed by atoms with E-state index in [0.717, 1.165) is 5.57 Å². The van der Waals surface area contributed by atoms with E-state index in [0.29, 0.717) is 30.1 Å². The van der Waals surface area contributed by atoms with E-state index in [1.54, 1.807) is 18.4 Å². The molecule has 0 bridgehead atoms. The number of nitrogens with zero attached hydrogens (tertiary/aromatic N) is 2. The molecule has 0 saturated heterocycles. The van der Waals surface area contributed by atoms with Crippen LogP contribution in [0.25, 0.3) is 0 Å². The van der Waals surface area contributed by atoms with Crippen LogP contribution in [0, 0.1) is 28.6 Å². The van der Waals surface area contributed by atoms with E-state index < -0.39 is 40.0 Å². The lowest BCUT2D eigenvalue weighted by Gasteiger charge is -2.62. The first-order valence-corrected chi connectivity index (χ1v) is 13.5. The Balaban J connectivity index is 1.35. The van der Waals surface area contributed by atoms with Crippen molar-refractivity contribution in [2.75, 3.05) is 5.32 Å². The monoisotopic (exact) mass is 527 g/mol. The minimum atomic E-state index is -1.96. The lowest BCUT2D eigenvalue weighted by atomic mass is 9.44. The number of carbonyl (C=O) groups excluding carboxylic acids is 2. The first kappa shape index (κ1) is 24.6. The zero-order chi connectivity index (χ0) is 26.4. The van der Waals surface area contributed by atoms with Gasteiger partial charge in [0.2, 0.25) is 0 Å². The summed E-state index contributed by atoms with van der Waals surface area (Å²) in [6.07, 6.45) is 7.58. The van der Waals surface area contributed by atoms with Gasteiger partial charge in [-0.1, -0.05) is 25.5 Å². The van der Waals surface area contributed by atoms with Crippen LogP contribution in [-0.2, 0) is 10.4 Å². The van der Waals surface area contributed by atoms with Gasteiger partial charge in [-0.05, 0) is 56.6 Å². The number of allylic oxidation sites excluding steroid dienone is 4.